The first-order valence-corrected chi connectivity index (χ1v) is 12.6. The molecule has 1 aromatic carbocycles. The van der Waals surface area contributed by atoms with E-state index in [1.54, 1.807) is 11.0 Å². The van der Waals surface area contributed by atoms with Crippen molar-refractivity contribution in [3.63, 3.8) is 0 Å². The van der Waals surface area contributed by atoms with Crippen LogP contribution in [-0.4, -0.2) is 42.3 Å². The van der Waals surface area contributed by atoms with Crippen molar-refractivity contribution in [2.24, 2.45) is 10.9 Å². The number of amides is 1. The van der Waals surface area contributed by atoms with E-state index < -0.39 is 15.7 Å². The molecule has 2 aliphatic heterocycles. The van der Waals surface area contributed by atoms with Crippen molar-refractivity contribution in [2.45, 2.75) is 49.8 Å². The molecule has 0 aromatic heterocycles. The Kier molecular flexibility index (Phi) is 5.73. The minimum atomic E-state index is -3.15. The summed E-state index contributed by atoms with van der Waals surface area (Å²) in [5.41, 5.74) is 0.561. The van der Waals surface area contributed by atoms with Crippen molar-refractivity contribution in [1.29, 1.82) is 0 Å². The highest BCUT2D eigenvalue weighted by Gasteiger charge is 2.49. The zero-order valence-corrected chi connectivity index (χ0v) is 17.7. The molecule has 4 rings (SSSR count). The smallest absolute Gasteiger partial charge is 0.248 e. The van der Waals surface area contributed by atoms with Gasteiger partial charge < -0.3 is 4.90 Å². The van der Waals surface area contributed by atoms with Crippen LogP contribution in [-0.2, 0) is 14.6 Å². The molecule has 0 radical (unpaired) electrons. The number of hydrogen-bond donors (Lipinski definition) is 0. The van der Waals surface area contributed by atoms with Crippen LogP contribution in [0.25, 0.3) is 0 Å². The van der Waals surface area contributed by atoms with Gasteiger partial charge in [-0.15, -0.1) is 0 Å². The number of carbonyl (C=O) groups is 1. The summed E-state index contributed by atoms with van der Waals surface area (Å²) in [4.78, 5) is 18.5. The van der Waals surface area contributed by atoms with Gasteiger partial charge in [0.2, 0.25) is 5.91 Å². The molecule has 3 fully saturated rings. The van der Waals surface area contributed by atoms with Gasteiger partial charge >= 0.3 is 0 Å². The molecule has 28 heavy (non-hydrogen) atoms. The van der Waals surface area contributed by atoms with Gasteiger partial charge in [0.15, 0.2) is 15.0 Å². The van der Waals surface area contributed by atoms with Gasteiger partial charge in [-0.1, -0.05) is 49.0 Å². The predicted octanol–water partition coefficient (Wildman–Crippen LogP) is 4.05. The maximum atomic E-state index is 13.6. The number of aliphatic imine (C=N–C) groups is 1. The van der Waals surface area contributed by atoms with E-state index in [-0.39, 0.29) is 33.7 Å². The van der Waals surface area contributed by atoms with E-state index in [9.17, 15) is 17.6 Å². The third-order valence-electron chi connectivity index (χ3n) is 5.71. The van der Waals surface area contributed by atoms with Crippen molar-refractivity contribution in [3.8, 4) is 0 Å². The van der Waals surface area contributed by atoms with Crippen molar-refractivity contribution < 1.29 is 17.6 Å². The Morgan fingerprint density at radius 1 is 1.29 bits per heavy atom. The van der Waals surface area contributed by atoms with Gasteiger partial charge in [0.25, 0.3) is 0 Å². The number of fused-ring (bicyclic) bond motifs is 1. The van der Waals surface area contributed by atoms with Crippen LogP contribution >= 0.6 is 23.4 Å². The van der Waals surface area contributed by atoms with Gasteiger partial charge in [0.05, 0.1) is 22.6 Å². The van der Waals surface area contributed by atoms with Crippen LogP contribution < -0.4 is 4.90 Å². The van der Waals surface area contributed by atoms with E-state index in [1.165, 1.54) is 49.6 Å². The molecule has 2 heterocycles. The van der Waals surface area contributed by atoms with Crippen LogP contribution in [0.15, 0.2) is 23.2 Å². The molecule has 152 valence electrons. The number of thioether (sulfide) groups is 1. The van der Waals surface area contributed by atoms with Crippen LogP contribution in [0.3, 0.4) is 0 Å². The number of carbonyl (C=O) groups excluding carboxylic acids is 1. The van der Waals surface area contributed by atoms with Gasteiger partial charge in [-0.05, 0) is 30.5 Å². The number of sulfone groups is 1. The molecule has 1 aliphatic carbocycles. The molecule has 0 bridgehead atoms. The van der Waals surface area contributed by atoms with Crippen molar-refractivity contribution >= 4 is 50.0 Å². The maximum absolute atomic E-state index is 13.6. The summed E-state index contributed by atoms with van der Waals surface area (Å²) in [6, 6.07) is 3.94. The predicted molar refractivity (Wildman–Crippen MR) is 111 cm³/mol. The highest BCUT2D eigenvalue weighted by molar-refractivity contribution is 8.16. The summed E-state index contributed by atoms with van der Waals surface area (Å²) in [6.45, 7) is 0. The molecule has 1 amide bonds. The summed E-state index contributed by atoms with van der Waals surface area (Å²) in [5, 5.41) is 0.262. The maximum Gasteiger partial charge on any atom is 0.248 e. The molecule has 1 saturated carbocycles. The standard InChI is InChI=1S/C19H22ClFN2O3S2/c20-14-9-13(6-7-15(14)21)23-16-10-28(25,26)11-17(16)27-19(23)22-18(24)8-5-12-3-1-2-4-12/h6-7,9,12,16-17H,1-5,8,10-11H2. The molecular weight excluding hydrogens is 423 g/mol. The second-order valence-corrected chi connectivity index (χ2v) is 11.5. The third kappa shape index (κ3) is 4.24. The summed E-state index contributed by atoms with van der Waals surface area (Å²) in [7, 11) is -3.15. The fourth-order valence-corrected chi connectivity index (χ4v) is 8.40. The lowest BCUT2D eigenvalue weighted by atomic mass is 10.0. The lowest BCUT2D eigenvalue weighted by Crippen LogP contribution is -2.37. The number of anilines is 1. The lowest BCUT2D eigenvalue weighted by Gasteiger charge is -2.24. The van der Waals surface area contributed by atoms with Crippen LogP contribution in [0.5, 0.6) is 0 Å². The van der Waals surface area contributed by atoms with Crippen LogP contribution in [0.4, 0.5) is 10.1 Å². The largest absolute Gasteiger partial charge is 0.316 e. The average Bonchev–Trinajstić information content (AvgIpc) is 3.30. The monoisotopic (exact) mass is 444 g/mol. The van der Waals surface area contributed by atoms with Crippen LogP contribution in [0.1, 0.15) is 38.5 Å². The second kappa shape index (κ2) is 7.95. The van der Waals surface area contributed by atoms with Crippen molar-refractivity contribution in [2.75, 3.05) is 16.4 Å². The average molecular weight is 445 g/mol. The first-order valence-electron chi connectivity index (χ1n) is 9.55. The highest BCUT2D eigenvalue weighted by Crippen LogP contribution is 2.41. The topological polar surface area (TPSA) is 66.8 Å². The molecule has 2 unspecified atom stereocenters. The van der Waals surface area contributed by atoms with Gasteiger partial charge in [-0.2, -0.15) is 4.99 Å². The molecule has 0 N–H and O–H groups in total. The first-order chi connectivity index (χ1) is 13.3. The normalized spacial score (nSPS) is 28.2. The SMILES string of the molecule is O=C(CCC1CCCC1)N=C1SC2CS(=O)(=O)CC2N1c1ccc(F)c(Cl)c1. The molecule has 1 aromatic rings. The molecular formula is C19H22ClFN2O3S2. The third-order valence-corrected chi connectivity index (χ3v) is 9.21. The Bertz CT molecular complexity index is 916. The Balaban J connectivity index is 1.57. The number of benzene rings is 1. The number of nitrogens with zero attached hydrogens (tertiary/aromatic N) is 2. The van der Waals surface area contributed by atoms with Gasteiger partial charge in [0, 0.05) is 17.4 Å². The van der Waals surface area contributed by atoms with E-state index in [4.69, 9.17) is 11.6 Å². The minimum absolute atomic E-state index is 0.00501. The zero-order chi connectivity index (χ0) is 19.9. The Labute approximate surface area is 173 Å². The zero-order valence-electron chi connectivity index (χ0n) is 15.3. The summed E-state index contributed by atoms with van der Waals surface area (Å²) in [6.07, 6.45) is 6.09. The molecule has 2 saturated heterocycles. The van der Waals surface area contributed by atoms with Gasteiger partial charge in [0.1, 0.15) is 5.82 Å². The van der Waals surface area contributed by atoms with E-state index in [2.05, 4.69) is 4.99 Å². The summed E-state index contributed by atoms with van der Waals surface area (Å²) < 4.78 is 37.8. The van der Waals surface area contributed by atoms with Crippen LogP contribution in [0, 0.1) is 11.7 Å². The van der Waals surface area contributed by atoms with E-state index >= 15 is 0 Å². The molecule has 2 atom stereocenters. The number of amidine groups is 1. The van der Waals surface area contributed by atoms with Gasteiger partial charge in [-0.25, -0.2) is 12.8 Å². The number of halogens is 2. The first kappa shape index (κ1) is 20.2. The molecule has 0 spiro atoms. The highest BCUT2D eigenvalue weighted by atomic mass is 35.5. The van der Waals surface area contributed by atoms with Gasteiger partial charge in [-0.3, -0.25) is 4.79 Å². The Morgan fingerprint density at radius 2 is 2.04 bits per heavy atom. The Morgan fingerprint density at radius 3 is 2.75 bits per heavy atom. The lowest BCUT2D eigenvalue weighted by molar-refractivity contribution is -0.118. The quantitative estimate of drug-likeness (QED) is 0.700. The van der Waals surface area contributed by atoms with E-state index in [0.717, 1.165) is 6.42 Å². The number of hydrogen-bond acceptors (Lipinski definition) is 4. The molecule has 9 heteroatoms. The Hall–Kier alpha value is -1.12. The summed E-state index contributed by atoms with van der Waals surface area (Å²) >= 11 is 7.26. The van der Waals surface area contributed by atoms with Crippen molar-refractivity contribution in [3.05, 3.63) is 29.0 Å². The minimum Gasteiger partial charge on any atom is -0.316 e. The van der Waals surface area contributed by atoms with E-state index in [1.807, 2.05) is 0 Å². The molecule has 3 aliphatic rings. The number of rotatable bonds is 4. The van der Waals surface area contributed by atoms with E-state index in [0.29, 0.717) is 23.2 Å². The fourth-order valence-electron chi connectivity index (χ4n) is 4.29. The van der Waals surface area contributed by atoms with Crippen molar-refractivity contribution in [1.82, 2.24) is 0 Å². The second-order valence-electron chi connectivity index (χ2n) is 7.75. The molecule has 5 nitrogen and oxygen atoms in total. The fraction of sp³-hybridized carbons (Fsp3) is 0.579. The van der Waals surface area contributed by atoms with Crippen LogP contribution in [0.2, 0.25) is 5.02 Å². The summed E-state index contributed by atoms with van der Waals surface area (Å²) in [5.74, 6) is -0.0656.